The number of rotatable bonds is 6. The van der Waals surface area contributed by atoms with Gasteiger partial charge in [0, 0.05) is 17.4 Å². The third-order valence-corrected chi connectivity index (χ3v) is 2.50. The van der Waals surface area contributed by atoms with Crippen molar-refractivity contribution in [3.05, 3.63) is 12.7 Å². The molecule has 0 aliphatic carbocycles. The summed E-state index contributed by atoms with van der Waals surface area (Å²) in [5, 5.41) is 8.78. The molecule has 0 heterocycles. The summed E-state index contributed by atoms with van der Waals surface area (Å²) in [6.07, 6.45) is 2.85. The first-order chi connectivity index (χ1) is 5.16. The number of carbonyl (C=O) groups is 1. The Kier molecular flexibility index (Phi) is 6.03. The van der Waals surface area contributed by atoms with Gasteiger partial charge in [0.25, 0.3) is 0 Å². The standard InChI is InChI=1S/C8H14O2S/c1-3-6-11-7(2)4-5-8(9)10/h3,7H,1,4-6H2,2H3,(H,9,10). The first kappa shape index (κ1) is 10.6. The van der Waals surface area contributed by atoms with E-state index in [2.05, 4.69) is 6.58 Å². The second kappa shape index (κ2) is 6.28. The molecule has 0 aromatic carbocycles. The van der Waals surface area contributed by atoms with E-state index in [0.29, 0.717) is 5.25 Å². The zero-order valence-electron chi connectivity index (χ0n) is 6.75. The van der Waals surface area contributed by atoms with Crippen molar-refractivity contribution in [1.82, 2.24) is 0 Å². The van der Waals surface area contributed by atoms with Crippen LogP contribution < -0.4 is 0 Å². The van der Waals surface area contributed by atoms with Gasteiger partial charge in [-0.2, -0.15) is 11.8 Å². The molecular formula is C8H14O2S. The minimum absolute atomic E-state index is 0.269. The van der Waals surface area contributed by atoms with Gasteiger partial charge in [0.1, 0.15) is 0 Å². The second-order valence-electron chi connectivity index (χ2n) is 2.37. The molecule has 0 fully saturated rings. The van der Waals surface area contributed by atoms with Crippen molar-refractivity contribution in [3.63, 3.8) is 0 Å². The SMILES string of the molecule is C=CCSC(C)CCC(=O)O. The Labute approximate surface area is 71.7 Å². The molecule has 0 spiro atoms. The third-order valence-electron chi connectivity index (χ3n) is 1.26. The summed E-state index contributed by atoms with van der Waals surface area (Å²) < 4.78 is 0. The predicted molar refractivity (Wildman–Crippen MR) is 49.0 cm³/mol. The monoisotopic (exact) mass is 174 g/mol. The molecule has 0 amide bonds. The zero-order valence-corrected chi connectivity index (χ0v) is 7.56. The number of hydrogen-bond donors (Lipinski definition) is 1. The summed E-state index contributed by atoms with van der Waals surface area (Å²) >= 11 is 1.74. The van der Waals surface area contributed by atoms with Gasteiger partial charge < -0.3 is 5.11 Å². The average Bonchev–Trinajstić information content (AvgIpc) is 1.97. The Bertz CT molecular complexity index is 134. The number of carboxylic acids is 1. The highest BCUT2D eigenvalue weighted by molar-refractivity contribution is 8.00. The molecular weight excluding hydrogens is 160 g/mol. The van der Waals surface area contributed by atoms with Crippen molar-refractivity contribution in [2.45, 2.75) is 25.0 Å². The Morgan fingerprint density at radius 3 is 2.91 bits per heavy atom. The van der Waals surface area contributed by atoms with Crippen LogP contribution in [0.5, 0.6) is 0 Å². The van der Waals surface area contributed by atoms with Gasteiger partial charge in [-0.25, -0.2) is 0 Å². The Balaban J connectivity index is 3.28. The van der Waals surface area contributed by atoms with Gasteiger partial charge in [0.15, 0.2) is 0 Å². The lowest BCUT2D eigenvalue weighted by molar-refractivity contribution is -0.137. The molecule has 1 atom stereocenters. The molecule has 0 aromatic heterocycles. The number of hydrogen-bond acceptors (Lipinski definition) is 2. The zero-order chi connectivity index (χ0) is 8.69. The van der Waals surface area contributed by atoms with E-state index in [9.17, 15) is 4.79 Å². The summed E-state index contributed by atoms with van der Waals surface area (Å²) in [4.78, 5) is 10.1. The van der Waals surface area contributed by atoms with Gasteiger partial charge >= 0.3 is 5.97 Å². The largest absolute Gasteiger partial charge is 0.481 e. The van der Waals surface area contributed by atoms with Crippen LogP contribution in [0.25, 0.3) is 0 Å². The fourth-order valence-electron chi connectivity index (χ4n) is 0.642. The van der Waals surface area contributed by atoms with E-state index in [0.717, 1.165) is 12.2 Å². The van der Waals surface area contributed by atoms with E-state index in [1.165, 1.54) is 0 Å². The Hall–Kier alpha value is -0.440. The van der Waals surface area contributed by atoms with Crippen molar-refractivity contribution < 1.29 is 9.90 Å². The molecule has 0 aromatic rings. The minimum atomic E-state index is -0.712. The van der Waals surface area contributed by atoms with Crippen LogP contribution in [-0.2, 0) is 4.79 Å². The van der Waals surface area contributed by atoms with Gasteiger partial charge in [-0.1, -0.05) is 13.0 Å². The highest BCUT2D eigenvalue weighted by atomic mass is 32.2. The Morgan fingerprint density at radius 2 is 2.45 bits per heavy atom. The van der Waals surface area contributed by atoms with Crippen molar-refractivity contribution >= 4 is 17.7 Å². The van der Waals surface area contributed by atoms with Crippen LogP contribution in [-0.4, -0.2) is 22.1 Å². The highest BCUT2D eigenvalue weighted by Gasteiger charge is 2.03. The molecule has 64 valence electrons. The van der Waals surface area contributed by atoms with Crippen LogP contribution in [0.1, 0.15) is 19.8 Å². The second-order valence-corrected chi connectivity index (χ2v) is 3.84. The van der Waals surface area contributed by atoms with Crippen molar-refractivity contribution in [1.29, 1.82) is 0 Å². The van der Waals surface area contributed by atoms with E-state index in [1.807, 2.05) is 13.0 Å². The Morgan fingerprint density at radius 1 is 1.82 bits per heavy atom. The summed E-state index contributed by atoms with van der Waals surface area (Å²) in [5.41, 5.74) is 0. The van der Waals surface area contributed by atoms with Gasteiger partial charge in [-0.05, 0) is 6.42 Å². The van der Waals surface area contributed by atoms with E-state index >= 15 is 0 Å². The molecule has 0 rings (SSSR count). The van der Waals surface area contributed by atoms with Gasteiger partial charge in [0.2, 0.25) is 0 Å². The van der Waals surface area contributed by atoms with Crippen LogP contribution in [0.2, 0.25) is 0 Å². The lowest BCUT2D eigenvalue weighted by Gasteiger charge is -2.06. The first-order valence-corrected chi connectivity index (χ1v) is 4.66. The van der Waals surface area contributed by atoms with Crippen LogP contribution >= 0.6 is 11.8 Å². The van der Waals surface area contributed by atoms with Crippen molar-refractivity contribution in [3.8, 4) is 0 Å². The van der Waals surface area contributed by atoms with Crippen LogP contribution in [0.4, 0.5) is 0 Å². The molecule has 0 aliphatic rings. The molecule has 0 bridgehead atoms. The van der Waals surface area contributed by atoms with Gasteiger partial charge in [-0.3, -0.25) is 4.79 Å². The molecule has 1 N–H and O–H groups in total. The molecule has 0 aliphatic heterocycles. The topological polar surface area (TPSA) is 37.3 Å². The van der Waals surface area contributed by atoms with E-state index < -0.39 is 5.97 Å². The maximum atomic E-state index is 10.1. The lowest BCUT2D eigenvalue weighted by atomic mass is 10.2. The average molecular weight is 174 g/mol. The van der Waals surface area contributed by atoms with Crippen LogP contribution in [0.3, 0.4) is 0 Å². The molecule has 0 saturated carbocycles. The molecule has 1 unspecified atom stereocenters. The summed E-state index contributed by atoms with van der Waals surface area (Å²) in [6.45, 7) is 5.63. The van der Waals surface area contributed by atoms with Gasteiger partial charge in [0.05, 0.1) is 0 Å². The molecule has 2 nitrogen and oxygen atoms in total. The predicted octanol–water partition coefficient (Wildman–Crippen LogP) is 2.16. The third kappa shape index (κ3) is 7.46. The van der Waals surface area contributed by atoms with Crippen molar-refractivity contribution in [2.75, 3.05) is 5.75 Å². The number of carboxylic acid groups (broad SMARTS) is 1. The fraction of sp³-hybridized carbons (Fsp3) is 0.625. The first-order valence-electron chi connectivity index (χ1n) is 3.61. The molecule has 3 heteroatoms. The lowest BCUT2D eigenvalue weighted by Crippen LogP contribution is -2.02. The smallest absolute Gasteiger partial charge is 0.303 e. The quantitative estimate of drug-likeness (QED) is 0.627. The fourth-order valence-corrected chi connectivity index (χ4v) is 1.39. The van der Waals surface area contributed by atoms with E-state index in [1.54, 1.807) is 11.8 Å². The highest BCUT2D eigenvalue weighted by Crippen LogP contribution is 2.15. The summed E-state index contributed by atoms with van der Waals surface area (Å²) in [7, 11) is 0. The number of thioether (sulfide) groups is 1. The number of aliphatic carboxylic acids is 1. The molecule has 0 saturated heterocycles. The van der Waals surface area contributed by atoms with E-state index in [4.69, 9.17) is 5.11 Å². The molecule has 11 heavy (non-hydrogen) atoms. The summed E-state index contributed by atoms with van der Waals surface area (Å²) in [6, 6.07) is 0. The maximum Gasteiger partial charge on any atom is 0.303 e. The minimum Gasteiger partial charge on any atom is -0.481 e. The van der Waals surface area contributed by atoms with Crippen LogP contribution in [0.15, 0.2) is 12.7 Å². The van der Waals surface area contributed by atoms with Crippen LogP contribution in [0, 0.1) is 0 Å². The van der Waals surface area contributed by atoms with Gasteiger partial charge in [-0.15, -0.1) is 6.58 Å². The summed E-state index contributed by atoms with van der Waals surface area (Å²) in [5.74, 6) is 0.192. The van der Waals surface area contributed by atoms with E-state index in [-0.39, 0.29) is 6.42 Å². The molecule has 0 radical (unpaired) electrons. The maximum absolute atomic E-state index is 10.1. The normalized spacial score (nSPS) is 12.5. The van der Waals surface area contributed by atoms with Crippen molar-refractivity contribution in [2.24, 2.45) is 0 Å².